The van der Waals surface area contributed by atoms with Gasteiger partial charge in [-0.25, -0.2) is 14.0 Å². The molecule has 2 aromatic carbocycles. The first-order valence-corrected chi connectivity index (χ1v) is 7.42. The molecular weight excluding hydrogens is 372 g/mol. The Kier molecular flexibility index (Phi) is 5.88. The molecule has 0 aliphatic carbocycles. The Morgan fingerprint density at radius 2 is 1.56 bits per heavy atom. The van der Waals surface area contributed by atoms with Gasteiger partial charge in [0, 0.05) is 5.69 Å². The van der Waals surface area contributed by atoms with Gasteiger partial charge in [-0.2, -0.15) is 13.2 Å². The third kappa shape index (κ3) is 4.66. The van der Waals surface area contributed by atoms with Crippen LogP contribution in [0.1, 0.15) is 0 Å². The summed E-state index contributed by atoms with van der Waals surface area (Å²) >= 11 is 0. The summed E-state index contributed by atoms with van der Waals surface area (Å²) in [7, 11) is 0.719. The second-order valence-corrected chi connectivity index (χ2v) is 5.17. The molecule has 0 radical (unpaired) electrons. The Bertz CT molecular complexity index is 797. The highest BCUT2D eigenvalue weighted by Crippen LogP contribution is 2.34. The molecule has 0 aromatic heterocycles. The minimum atomic E-state index is -5.37. The van der Waals surface area contributed by atoms with Gasteiger partial charge in [-0.1, -0.05) is 18.2 Å². The number of nitrogens with one attached hydrogen (secondary N) is 2. The van der Waals surface area contributed by atoms with Gasteiger partial charge >= 0.3 is 23.9 Å². The number of urea groups is 1. The van der Waals surface area contributed by atoms with Crippen molar-refractivity contribution in [3.63, 3.8) is 0 Å². The topological polar surface area (TPSA) is 76.7 Å². The average Bonchev–Trinajstić information content (AvgIpc) is 2.62. The molecule has 0 aliphatic rings. The van der Waals surface area contributed by atoms with Crippen molar-refractivity contribution in [3.05, 3.63) is 60.4 Å². The number of rotatable bonds is 5. The molecular formula is C17H14F4N2O4. The van der Waals surface area contributed by atoms with Crippen LogP contribution in [0.2, 0.25) is 0 Å². The van der Waals surface area contributed by atoms with Crippen LogP contribution >= 0.6 is 0 Å². The van der Waals surface area contributed by atoms with Gasteiger partial charge < -0.3 is 14.8 Å². The number of ether oxygens (including phenoxy) is 2. The standard InChI is InChI=1S/C17H14F4N2O4/c1-26-14(24)16(17(19,20)21,27-13-5-3-2-4-6-13)23-15(25)22-12-9-7-11(18)8-10-12/h2-10H,1H3,(H2,22,23,25)/t16-/m0/s1. The van der Waals surface area contributed by atoms with Crippen LogP contribution in [0.15, 0.2) is 54.6 Å². The van der Waals surface area contributed by atoms with E-state index in [0.29, 0.717) is 0 Å². The van der Waals surface area contributed by atoms with Crippen molar-refractivity contribution in [2.45, 2.75) is 11.9 Å². The number of hydrogen-bond donors (Lipinski definition) is 2. The van der Waals surface area contributed by atoms with Crippen molar-refractivity contribution in [1.82, 2.24) is 5.32 Å². The zero-order valence-electron chi connectivity index (χ0n) is 13.8. The molecule has 0 saturated heterocycles. The number of carbonyl (C=O) groups excluding carboxylic acids is 2. The molecule has 6 nitrogen and oxygen atoms in total. The number of methoxy groups -OCH3 is 1. The molecule has 10 heteroatoms. The molecule has 0 aliphatic heterocycles. The van der Waals surface area contributed by atoms with Crippen LogP contribution in [0.4, 0.5) is 28.0 Å². The van der Waals surface area contributed by atoms with Crippen molar-refractivity contribution in [2.75, 3.05) is 12.4 Å². The van der Waals surface area contributed by atoms with Gasteiger partial charge in [0.2, 0.25) is 0 Å². The third-order valence-electron chi connectivity index (χ3n) is 3.28. The zero-order valence-corrected chi connectivity index (χ0v) is 13.8. The Morgan fingerprint density at radius 3 is 2.07 bits per heavy atom. The van der Waals surface area contributed by atoms with Gasteiger partial charge in [0.05, 0.1) is 7.11 Å². The van der Waals surface area contributed by atoms with Crippen LogP contribution in [0, 0.1) is 5.82 Å². The normalized spacial score (nSPS) is 13.2. The highest BCUT2D eigenvalue weighted by Gasteiger charge is 2.66. The molecule has 2 rings (SSSR count). The molecule has 2 amide bonds. The van der Waals surface area contributed by atoms with Crippen molar-refractivity contribution >= 4 is 17.7 Å². The van der Waals surface area contributed by atoms with E-state index in [4.69, 9.17) is 4.74 Å². The monoisotopic (exact) mass is 386 g/mol. The summed E-state index contributed by atoms with van der Waals surface area (Å²) in [4.78, 5) is 24.0. The predicted molar refractivity (Wildman–Crippen MR) is 86.4 cm³/mol. The lowest BCUT2D eigenvalue weighted by molar-refractivity contribution is -0.258. The maximum absolute atomic E-state index is 13.7. The first-order valence-electron chi connectivity index (χ1n) is 7.42. The van der Waals surface area contributed by atoms with Gasteiger partial charge in [0.15, 0.2) is 0 Å². The fourth-order valence-corrected chi connectivity index (χ4v) is 2.03. The molecule has 0 unspecified atom stereocenters. The number of carbonyl (C=O) groups is 2. The summed E-state index contributed by atoms with van der Waals surface area (Å²) in [5.74, 6) is -2.82. The van der Waals surface area contributed by atoms with E-state index in [2.05, 4.69) is 10.1 Å². The molecule has 2 aromatic rings. The van der Waals surface area contributed by atoms with Crippen LogP contribution in [-0.2, 0) is 9.53 Å². The van der Waals surface area contributed by atoms with E-state index < -0.39 is 29.7 Å². The van der Waals surface area contributed by atoms with E-state index in [-0.39, 0.29) is 11.4 Å². The van der Waals surface area contributed by atoms with E-state index in [0.717, 1.165) is 31.4 Å². The molecule has 0 heterocycles. The van der Waals surface area contributed by atoms with Crippen molar-refractivity contribution < 1.29 is 36.6 Å². The van der Waals surface area contributed by atoms with E-state index >= 15 is 0 Å². The molecule has 0 fully saturated rings. The lowest BCUT2D eigenvalue weighted by Gasteiger charge is -2.33. The van der Waals surface area contributed by atoms with Crippen molar-refractivity contribution in [3.8, 4) is 5.75 Å². The average molecular weight is 386 g/mol. The maximum atomic E-state index is 13.7. The summed E-state index contributed by atoms with van der Waals surface area (Å²) < 4.78 is 63.1. The highest BCUT2D eigenvalue weighted by atomic mass is 19.4. The smallest absolute Gasteiger partial charge is 0.460 e. The fourth-order valence-electron chi connectivity index (χ4n) is 2.03. The van der Waals surface area contributed by atoms with E-state index in [1.165, 1.54) is 35.6 Å². The van der Waals surface area contributed by atoms with Crippen molar-refractivity contribution in [2.24, 2.45) is 0 Å². The number of amides is 2. The van der Waals surface area contributed by atoms with E-state index in [1.54, 1.807) is 0 Å². The van der Waals surface area contributed by atoms with Crippen molar-refractivity contribution in [1.29, 1.82) is 0 Å². The largest absolute Gasteiger partial charge is 0.464 e. The number of alkyl halides is 3. The van der Waals surface area contributed by atoms with Gasteiger partial charge in [-0.3, -0.25) is 5.32 Å². The summed E-state index contributed by atoms with van der Waals surface area (Å²) in [6.45, 7) is 0. The van der Waals surface area contributed by atoms with Crippen LogP contribution in [0.25, 0.3) is 0 Å². The number of benzene rings is 2. The molecule has 27 heavy (non-hydrogen) atoms. The number of esters is 1. The SMILES string of the molecule is COC(=O)[C@](NC(=O)Nc1ccc(F)cc1)(Oc1ccccc1)C(F)(F)F. The lowest BCUT2D eigenvalue weighted by Crippen LogP contribution is -2.68. The lowest BCUT2D eigenvalue weighted by atomic mass is 10.2. The quantitative estimate of drug-likeness (QED) is 0.469. The summed E-state index contributed by atoms with van der Waals surface area (Å²) in [6.07, 6.45) is -5.37. The van der Waals surface area contributed by atoms with Gasteiger partial charge in [0.25, 0.3) is 0 Å². The Morgan fingerprint density at radius 1 is 0.963 bits per heavy atom. The van der Waals surface area contributed by atoms with E-state index in [9.17, 15) is 27.2 Å². The molecule has 144 valence electrons. The number of para-hydroxylation sites is 1. The minimum absolute atomic E-state index is 0.00504. The second kappa shape index (κ2) is 7.94. The third-order valence-corrected chi connectivity index (χ3v) is 3.28. The molecule has 2 N–H and O–H groups in total. The molecule has 0 saturated carbocycles. The molecule has 0 spiro atoms. The molecule has 1 atom stereocenters. The predicted octanol–water partition coefficient (Wildman–Crippen LogP) is 3.46. The van der Waals surface area contributed by atoms with Gasteiger partial charge in [0.1, 0.15) is 11.6 Å². The number of halogens is 4. The van der Waals surface area contributed by atoms with Crippen LogP contribution in [0.5, 0.6) is 5.75 Å². The van der Waals surface area contributed by atoms with Crippen LogP contribution < -0.4 is 15.4 Å². The zero-order chi connectivity index (χ0) is 20.1. The van der Waals surface area contributed by atoms with Gasteiger partial charge in [-0.05, 0) is 36.4 Å². The Labute approximate surface area is 151 Å². The van der Waals surface area contributed by atoms with Crippen LogP contribution in [0.3, 0.4) is 0 Å². The fraction of sp³-hybridized carbons (Fsp3) is 0.176. The van der Waals surface area contributed by atoms with E-state index in [1.807, 2.05) is 0 Å². The summed E-state index contributed by atoms with van der Waals surface area (Å²) in [5.41, 5.74) is -3.80. The Hall–Kier alpha value is -3.30. The van der Waals surface area contributed by atoms with Crippen LogP contribution in [-0.4, -0.2) is 31.0 Å². The summed E-state index contributed by atoms with van der Waals surface area (Å²) in [6, 6.07) is 9.45. The number of hydrogen-bond acceptors (Lipinski definition) is 4. The Balaban J connectivity index is 2.34. The maximum Gasteiger partial charge on any atom is 0.460 e. The minimum Gasteiger partial charge on any atom is -0.464 e. The first kappa shape index (κ1) is 20.0. The second-order valence-electron chi connectivity index (χ2n) is 5.17. The summed E-state index contributed by atoms with van der Waals surface area (Å²) in [5, 5.41) is 3.52. The first-order chi connectivity index (χ1) is 12.7. The molecule has 0 bridgehead atoms. The highest BCUT2D eigenvalue weighted by molar-refractivity contribution is 5.94. The number of anilines is 1. The van der Waals surface area contributed by atoms with Gasteiger partial charge in [-0.15, -0.1) is 0 Å².